The maximum Gasteiger partial charge on any atom is 0.410 e. The van der Waals surface area contributed by atoms with E-state index in [1.165, 1.54) is 24.4 Å². The quantitative estimate of drug-likeness (QED) is 0.122. The number of hydrogen-bond donors (Lipinski definition) is 1. The number of halogens is 3. The van der Waals surface area contributed by atoms with Crippen LogP contribution in [0.5, 0.6) is 6.01 Å². The minimum absolute atomic E-state index is 0.0108. The molecule has 1 amide bonds. The highest BCUT2D eigenvalue weighted by molar-refractivity contribution is 8.13. The molecule has 16 heteroatoms. The Bertz CT molecular complexity index is 2700. The molecule has 0 spiro atoms. The van der Waals surface area contributed by atoms with Crippen LogP contribution in [0.4, 0.5) is 25.1 Å². The minimum Gasteiger partial charge on any atom is -0.461 e. The van der Waals surface area contributed by atoms with Gasteiger partial charge in [0, 0.05) is 59.2 Å². The summed E-state index contributed by atoms with van der Waals surface area (Å²) in [5.41, 5.74) is -0.115. The molecule has 0 saturated carbocycles. The zero-order valence-electron chi connectivity index (χ0n) is 33.4. The van der Waals surface area contributed by atoms with Gasteiger partial charge in [0.15, 0.2) is 5.82 Å². The Kier molecular flexibility index (Phi) is 10.0. The van der Waals surface area contributed by atoms with E-state index >= 15 is 8.78 Å². The number of hydrogen-bond acceptors (Lipinski definition) is 11. The fourth-order valence-electron chi connectivity index (χ4n) is 9.69. The first-order chi connectivity index (χ1) is 28.6. The van der Waals surface area contributed by atoms with Crippen LogP contribution in [0.1, 0.15) is 58.4 Å². The number of aromatic nitrogens is 3. The first-order valence-electron chi connectivity index (χ1n) is 20.1. The van der Waals surface area contributed by atoms with Gasteiger partial charge in [-0.15, -0.1) is 6.42 Å². The number of nitrogens with one attached hydrogen (secondary N) is 1. The van der Waals surface area contributed by atoms with Crippen LogP contribution in [-0.4, -0.2) is 101 Å². The van der Waals surface area contributed by atoms with Gasteiger partial charge in [0.25, 0.3) is 9.05 Å². The summed E-state index contributed by atoms with van der Waals surface area (Å²) in [4.78, 5) is 33.9. The van der Waals surface area contributed by atoms with Gasteiger partial charge < -0.3 is 19.7 Å². The molecule has 9 rings (SSSR count). The fourth-order valence-corrected chi connectivity index (χ4v) is 10.5. The van der Waals surface area contributed by atoms with E-state index in [9.17, 15) is 13.2 Å². The second-order valence-electron chi connectivity index (χ2n) is 17.2. The second kappa shape index (κ2) is 15.0. The lowest BCUT2D eigenvalue weighted by Gasteiger charge is -2.42. The summed E-state index contributed by atoms with van der Waals surface area (Å²) in [6.45, 7) is 8.15. The largest absolute Gasteiger partial charge is 0.461 e. The van der Waals surface area contributed by atoms with Gasteiger partial charge in [-0.3, -0.25) is 14.8 Å². The van der Waals surface area contributed by atoms with Crippen LogP contribution in [0.15, 0.2) is 65.7 Å². The molecule has 3 aromatic carbocycles. The van der Waals surface area contributed by atoms with Gasteiger partial charge in [0.2, 0.25) is 0 Å². The van der Waals surface area contributed by atoms with E-state index in [2.05, 4.69) is 26.0 Å². The molecule has 4 aliphatic rings. The predicted octanol–water partition coefficient (Wildman–Crippen LogP) is 7.72. The lowest BCUT2D eigenvalue weighted by atomic mass is 9.93. The first kappa shape index (κ1) is 40.1. The van der Waals surface area contributed by atoms with E-state index in [1.54, 1.807) is 30.3 Å². The van der Waals surface area contributed by atoms with Crippen LogP contribution >= 0.6 is 10.7 Å². The molecule has 5 aromatic rings. The standard InChI is InChI=1S/C44H44ClF2N7O5S/c1-5-32-35(46)16-13-26-9-6-12-33(36(26)32)38-37(47)39-34(21-48-38)40(52-23-29-14-15-30(24-52)54(29)42(55)59-43(2,3)4)51-41(50-39)58-25-44-17-8-18-53(44)22-28(20-44)49-27-10-7-11-31(19-27)60(45,56)57/h1,6-7,9-13,16,19,21,28-30,49H,8,14-15,17-18,20,22-25H2,2-4H3/t28-,29-,30+,44+/m1/s1. The molecule has 0 aliphatic carbocycles. The monoisotopic (exact) mass is 855 g/mol. The number of fused-ring (bicyclic) bond motifs is 5. The number of carbonyl (C=O) groups is 1. The van der Waals surface area contributed by atoms with Crippen LogP contribution < -0.4 is 15.0 Å². The lowest BCUT2D eigenvalue weighted by Crippen LogP contribution is -2.57. The number of piperazine rings is 1. The Morgan fingerprint density at radius 1 is 1.07 bits per heavy atom. The van der Waals surface area contributed by atoms with Gasteiger partial charge in [-0.2, -0.15) is 9.97 Å². The summed E-state index contributed by atoms with van der Waals surface area (Å²) < 4.78 is 68.6. The van der Waals surface area contributed by atoms with Gasteiger partial charge in [0.05, 0.1) is 33.5 Å². The number of terminal acetylenes is 1. The second-order valence-corrected chi connectivity index (χ2v) is 19.8. The van der Waals surface area contributed by atoms with Crippen LogP contribution in [-0.2, 0) is 13.8 Å². The van der Waals surface area contributed by atoms with Crippen LogP contribution in [0.3, 0.4) is 0 Å². The molecule has 0 unspecified atom stereocenters. The van der Waals surface area contributed by atoms with Crippen molar-refractivity contribution in [3.8, 4) is 29.6 Å². The molecule has 60 heavy (non-hydrogen) atoms. The van der Waals surface area contributed by atoms with Crippen molar-refractivity contribution in [3.05, 3.63) is 78.0 Å². The molecule has 0 radical (unpaired) electrons. The fraction of sp³-hybridized carbons (Fsp3) is 0.409. The van der Waals surface area contributed by atoms with Crippen LogP contribution in [0.2, 0.25) is 0 Å². The molecule has 4 atom stereocenters. The molecule has 4 fully saturated rings. The average molecular weight is 856 g/mol. The van der Waals surface area contributed by atoms with Crippen molar-refractivity contribution < 1.29 is 31.5 Å². The lowest BCUT2D eigenvalue weighted by molar-refractivity contribution is 0.0122. The molecule has 2 aromatic heterocycles. The third-order valence-corrected chi connectivity index (χ3v) is 13.5. The van der Waals surface area contributed by atoms with E-state index in [4.69, 9.17) is 36.5 Å². The van der Waals surface area contributed by atoms with Gasteiger partial charge in [-0.25, -0.2) is 22.0 Å². The number of carbonyl (C=O) groups excluding carboxylic acids is 1. The summed E-state index contributed by atoms with van der Waals surface area (Å²) in [7, 11) is 1.73. The molecule has 312 valence electrons. The number of benzene rings is 3. The summed E-state index contributed by atoms with van der Waals surface area (Å²) >= 11 is 0. The highest BCUT2D eigenvalue weighted by Gasteiger charge is 2.50. The minimum atomic E-state index is -3.90. The number of ether oxygens (including phenoxy) is 2. The van der Waals surface area contributed by atoms with Crippen molar-refractivity contribution in [2.75, 3.05) is 43.0 Å². The topological polar surface area (TPSA) is 130 Å². The van der Waals surface area contributed by atoms with E-state index in [0.29, 0.717) is 59.3 Å². The Morgan fingerprint density at radius 2 is 1.83 bits per heavy atom. The smallest absolute Gasteiger partial charge is 0.410 e. The molecule has 4 saturated heterocycles. The molecule has 2 bridgehead atoms. The third kappa shape index (κ3) is 7.32. The number of anilines is 2. The number of amides is 1. The van der Waals surface area contributed by atoms with Gasteiger partial charge in [0.1, 0.15) is 35.1 Å². The van der Waals surface area contributed by atoms with E-state index in [-0.39, 0.29) is 64.0 Å². The summed E-state index contributed by atoms with van der Waals surface area (Å²) in [6, 6.07) is 14.2. The maximum atomic E-state index is 17.2. The Hall–Kier alpha value is -5.30. The molecular formula is C44H44ClF2N7O5S. The van der Waals surface area contributed by atoms with Gasteiger partial charge in [-0.05, 0) is 89.1 Å². The zero-order valence-corrected chi connectivity index (χ0v) is 35.0. The molecule has 1 N–H and O–H groups in total. The number of pyridine rings is 1. The third-order valence-electron chi connectivity index (χ3n) is 12.2. The van der Waals surface area contributed by atoms with E-state index in [0.717, 1.165) is 32.2 Å². The van der Waals surface area contributed by atoms with Crippen LogP contribution in [0, 0.1) is 24.0 Å². The Morgan fingerprint density at radius 3 is 2.57 bits per heavy atom. The maximum absolute atomic E-state index is 17.2. The first-order valence-corrected chi connectivity index (χ1v) is 22.4. The summed E-state index contributed by atoms with van der Waals surface area (Å²) in [5, 5.41) is 4.85. The van der Waals surface area contributed by atoms with Gasteiger partial charge in [-0.1, -0.05) is 36.3 Å². The van der Waals surface area contributed by atoms with E-state index in [1.807, 2.05) is 31.7 Å². The number of nitrogens with zero attached hydrogens (tertiary/aromatic N) is 6. The van der Waals surface area contributed by atoms with E-state index < -0.39 is 26.3 Å². The SMILES string of the molecule is C#Cc1c(F)ccc2cccc(-c3ncc4c(N5C[C@H]6CC[C@@H](C5)N6C(=O)OC(C)(C)C)nc(OC[C@@]56CCCN5C[C@H](Nc5cccc(S(=O)(=O)Cl)c5)C6)nc4c3F)c12. The van der Waals surface area contributed by atoms with Crippen LogP contribution in [0.25, 0.3) is 32.9 Å². The Labute approximate surface area is 351 Å². The number of rotatable bonds is 8. The average Bonchev–Trinajstić information content (AvgIpc) is 3.83. The molecule has 12 nitrogen and oxygen atoms in total. The summed E-state index contributed by atoms with van der Waals surface area (Å²) in [6.07, 6.45) is 11.0. The zero-order chi connectivity index (χ0) is 42.1. The summed E-state index contributed by atoms with van der Waals surface area (Å²) in [5.74, 6) is 1.54. The Balaban J connectivity index is 1.07. The predicted molar refractivity (Wildman–Crippen MR) is 226 cm³/mol. The highest BCUT2D eigenvalue weighted by Crippen LogP contribution is 2.42. The van der Waals surface area contributed by atoms with Crippen molar-refractivity contribution in [1.29, 1.82) is 0 Å². The molecular weight excluding hydrogens is 812 g/mol. The normalized spacial score (nSPS) is 22.9. The van der Waals surface area contributed by atoms with Crippen molar-refractivity contribution in [1.82, 2.24) is 24.8 Å². The molecule has 6 heterocycles. The highest BCUT2D eigenvalue weighted by atomic mass is 35.7. The molecule has 4 aliphatic heterocycles. The van der Waals surface area contributed by atoms with Gasteiger partial charge >= 0.3 is 12.1 Å². The van der Waals surface area contributed by atoms with Crippen molar-refractivity contribution in [2.24, 2.45) is 0 Å². The van der Waals surface area contributed by atoms with Crippen molar-refractivity contribution >= 4 is 59.0 Å². The van der Waals surface area contributed by atoms with Crippen molar-refractivity contribution in [3.63, 3.8) is 0 Å². The van der Waals surface area contributed by atoms with Crippen molar-refractivity contribution in [2.45, 2.75) is 87.0 Å².